The lowest BCUT2D eigenvalue weighted by atomic mass is 10.3. The van der Waals surface area contributed by atoms with Gasteiger partial charge in [0.2, 0.25) is 0 Å². The Morgan fingerprint density at radius 3 is 2.69 bits per heavy atom. The topological polar surface area (TPSA) is 18.5 Å². The number of methoxy groups -OCH3 is 1. The van der Waals surface area contributed by atoms with E-state index >= 15 is 0 Å². The van der Waals surface area contributed by atoms with Crippen LogP contribution in [-0.4, -0.2) is 13.9 Å². The van der Waals surface area contributed by atoms with Gasteiger partial charge in [0.15, 0.2) is 12.5 Å². The normalized spacial score (nSPS) is 10.2. The summed E-state index contributed by atoms with van der Waals surface area (Å²) in [5.41, 5.74) is 0. The molecule has 0 spiro atoms. The van der Waals surface area contributed by atoms with E-state index in [1.165, 1.54) is 0 Å². The Labute approximate surface area is 100 Å². The van der Waals surface area contributed by atoms with Crippen molar-refractivity contribution in [1.29, 1.82) is 0 Å². The van der Waals surface area contributed by atoms with Crippen LogP contribution in [0.4, 0.5) is 0 Å². The molecule has 0 saturated carbocycles. The summed E-state index contributed by atoms with van der Waals surface area (Å²) in [6.07, 6.45) is 0. The van der Waals surface area contributed by atoms with Gasteiger partial charge in [0.25, 0.3) is 0 Å². The third kappa shape index (κ3) is 2.87. The number of rotatable bonds is 3. The van der Waals surface area contributed by atoms with E-state index < -0.39 is 0 Å². The third-order valence-electron chi connectivity index (χ3n) is 1.32. The summed E-state index contributed by atoms with van der Waals surface area (Å²) in [7, 11) is 1.55. The Kier molecular flexibility index (Phi) is 4.58. The van der Waals surface area contributed by atoms with Crippen LogP contribution in [0.1, 0.15) is 0 Å². The lowest BCUT2D eigenvalue weighted by Crippen LogP contribution is -2.01. The fraction of sp³-hybridized carbons (Fsp3) is 0.250. The van der Waals surface area contributed by atoms with Crippen molar-refractivity contribution in [1.82, 2.24) is 0 Å². The van der Waals surface area contributed by atoms with Gasteiger partial charge in [-0.3, -0.25) is 0 Å². The Morgan fingerprint density at radius 1 is 1.38 bits per heavy atom. The predicted molar refractivity (Wildman–Crippen MR) is 61.7 cm³/mol. The Hall–Kier alpha value is 0.290. The summed E-state index contributed by atoms with van der Waals surface area (Å²) in [5, 5.41) is 0.902. The third-order valence-corrected chi connectivity index (χ3v) is 2.96. The van der Waals surface area contributed by atoms with Crippen LogP contribution >= 0.6 is 45.8 Å². The van der Waals surface area contributed by atoms with E-state index in [4.69, 9.17) is 32.7 Å². The molecule has 0 bridgehead atoms. The van der Waals surface area contributed by atoms with Crippen LogP contribution in [0.25, 0.3) is 0 Å². The number of hydrogen-bond donors (Lipinski definition) is 0. The molecule has 1 aromatic rings. The van der Waals surface area contributed by atoms with Crippen LogP contribution in [0, 0.1) is 3.57 Å². The molecule has 72 valence electrons. The lowest BCUT2D eigenvalue weighted by Gasteiger charge is -2.09. The van der Waals surface area contributed by atoms with Crippen molar-refractivity contribution in [3.8, 4) is 5.75 Å². The molecule has 2 nitrogen and oxygen atoms in total. The van der Waals surface area contributed by atoms with Crippen molar-refractivity contribution in [3.05, 3.63) is 25.7 Å². The monoisotopic (exact) mass is 332 g/mol. The van der Waals surface area contributed by atoms with Gasteiger partial charge in [-0.15, -0.1) is 0 Å². The number of benzene rings is 1. The van der Waals surface area contributed by atoms with Crippen LogP contribution in [0.2, 0.25) is 10.0 Å². The highest BCUT2D eigenvalue weighted by Gasteiger charge is 2.09. The van der Waals surface area contributed by atoms with Crippen LogP contribution in [0.15, 0.2) is 12.1 Å². The van der Waals surface area contributed by atoms with Gasteiger partial charge in [0.1, 0.15) is 5.02 Å². The average Bonchev–Trinajstić information content (AvgIpc) is 2.12. The molecular weight excluding hydrogens is 326 g/mol. The minimum Gasteiger partial charge on any atom is -0.465 e. The zero-order valence-electron chi connectivity index (χ0n) is 6.81. The van der Waals surface area contributed by atoms with Gasteiger partial charge in [-0.25, -0.2) is 0 Å². The molecule has 0 amide bonds. The van der Waals surface area contributed by atoms with Crippen molar-refractivity contribution in [2.24, 2.45) is 0 Å². The molecule has 0 atom stereocenters. The smallest absolute Gasteiger partial charge is 0.188 e. The molecule has 0 radical (unpaired) electrons. The summed E-state index contributed by atoms with van der Waals surface area (Å²) in [6.45, 7) is 0.163. The number of ether oxygens (including phenoxy) is 2. The first-order valence-corrected chi connectivity index (χ1v) is 5.25. The first-order chi connectivity index (χ1) is 6.16. The number of hydrogen-bond acceptors (Lipinski definition) is 2. The molecule has 0 aliphatic rings. The van der Waals surface area contributed by atoms with Crippen LogP contribution in [-0.2, 0) is 4.74 Å². The molecule has 0 aliphatic heterocycles. The molecular formula is C8H7Cl2IO2. The lowest BCUT2D eigenvalue weighted by molar-refractivity contribution is 0.0506. The minimum absolute atomic E-state index is 0.163. The van der Waals surface area contributed by atoms with E-state index in [2.05, 4.69) is 22.6 Å². The highest BCUT2D eigenvalue weighted by atomic mass is 127. The molecule has 5 heteroatoms. The van der Waals surface area contributed by atoms with Gasteiger partial charge in [-0.2, -0.15) is 0 Å². The molecule has 0 saturated heterocycles. The van der Waals surface area contributed by atoms with Gasteiger partial charge >= 0.3 is 0 Å². The van der Waals surface area contributed by atoms with Gasteiger partial charge < -0.3 is 9.47 Å². The minimum atomic E-state index is 0.163. The first-order valence-electron chi connectivity index (χ1n) is 3.42. The van der Waals surface area contributed by atoms with Crippen molar-refractivity contribution < 1.29 is 9.47 Å². The highest BCUT2D eigenvalue weighted by molar-refractivity contribution is 14.1. The number of halogens is 3. The maximum atomic E-state index is 5.92. The highest BCUT2D eigenvalue weighted by Crippen LogP contribution is 2.35. The Bertz CT molecular complexity index is 304. The summed E-state index contributed by atoms with van der Waals surface area (Å²) in [4.78, 5) is 0. The second kappa shape index (κ2) is 5.24. The van der Waals surface area contributed by atoms with Crippen molar-refractivity contribution in [2.45, 2.75) is 0 Å². The molecule has 0 heterocycles. The van der Waals surface area contributed by atoms with E-state index in [1.807, 2.05) is 6.07 Å². The quantitative estimate of drug-likeness (QED) is 0.478. The van der Waals surface area contributed by atoms with Crippen LogP contribution < -0.4 is 4.74 Å². The van der Waals surface area contributed by atoms with Crippen LogP contribution in [0.3, 0.4) is 0 Å². The standard InChI is InChI=1S/C8H7Cl2IO2/c1-12-4-13-8-6(11)3-2-5(9)7(8)10/h2-3H,4H2,1H3. The molecule has 0 aromatic heterocycles. The molecule has 0 fully saturated rings. The van der Waals surface area contributed by atoms with Crippen molar-refractivity contribution >= 4 is 45.8 Å². The zero-order chi connectivity index (χ0) is 9.84. The Morgan fingerprint density at radius 2 is 2.08 bits per heavy atom. The second-order valence-electron chi connectivity index (χ2n) is 2.22. The summed E-state index contributed by atoms with van der Waals surface area (Å²) >= 11 is 13.8. The summed E-state index contributed by atoms with van der Waals surface area (Å²) in [6, 6.07) is 3.56. The average molecular weight is 333 g/mol. The van der Waals surface area contributed by atoms with Gasteiger partial charge in [0.05, 0.1) is 8.59 Å². The maximum Gasteiger partial charge on any atom is 0.188 e. The molecule has 0 aliphatic carbocycles. The van der Waals surface area contributed by atoms with E-state index in [-0.39, 0.29) is 6.79 Å². The van der Waals surface area contributed by atoms with E-state index in [1.54, 1.807) is 13.2 Å². The zero-order valence-corrected chi connectivity index (χ0v) is 10.5. The van der Waals surface area contributed by atoms with Crippen LogP contribution in [0.5, 0.6) is 5.75 Å². The molecule has 13 heavy (non-hydrogen) atoms. The maximum absolute atomic E-state index is 5.92. The predicted octanol–water partition coefficient (Wildman–Crippen LogP) is 3.58. The molecule has 1 rings (SSSR count). The largest absolute Gasteiger partial charge is 0.465 e. The molecule has 0 unspecified atom stereocenters. The molecule has 1 aromatic carbocycles. The Balaban J connectivity index is 2.96. The van der Waals surface area contributed by atoms with Crippen molar-refractivity contribution in [2.75, 3.05) is 13.9 Å². The van der Waals surface area contributed by atoms with E-state index in [0.29, 0.717) is 15.8 Å². The molecule has 0 N–H and O–H groups in total. The van der Waals surface area contributed by atoms with Crippen molar-refractivity contribution in [3.63, 3.8) is 0 Å². The SMILES string of the molecule is COCOc1c(I)ccc(Cl)c1Cl. The van der Waals surface area contributed by atoms with Gasteiger partial charge in [-0.1, -0.05) is 23.2 Å². The fourth-order valence-electron chi connectivity index (χ4n) is 0.759. The van der Waals surface area contributed by atoms with Gasteiger partial charge in [0, 0.05) is 7.11 Å². The second-order valence-corrected chi connectivity index (χ2v) is 4.17. The van der Waals surface area contributed by atoms with E-state index in [0.717, 1.165) is 3.57 Å². The fourth-order valence-corrected chi connectivity index (χ4v) is 1.89. The van der Waals surface area contributed by atoms with E-state index in [9.17, 15) is 0 Å². The van der Waals surface area contributed by atoms with Gasteiger partial charge in [-0.05, 0) is 34.7 Å². The summed E-state index contributed by atoms with van der Waals surface area (Å²) in [5.74, 6) is 0.566. The summed E-state index contributed by atoms with van der Waals surface area (Å²) < 4.78 is 10.9. The first kappa shape index (κ1) is 11.4.